The number of hydrogen-bond donors (Lipinski definition) is 0. The Bertz CT molecular complexity index is 740. The molecule has 1 aliphatic rings. The number of ether oxygens (including phenoxy) is 1. The Morgan fingerprint density at radius 3 is 2.68 bits per heavy atom. The monoisotopic (exact) mass is 407 g/mol. The molecule has 0 spiro atoms. The molecule has 0 N–H and O–H groups in total. The maximum atomic E-state index is 12.2. The molecule has 3 rings (SSSR count). The zero-order valence-corrected chi connectivity index (χ0v) is 14.2. The summed E-state index contributed by atoms with van der Waals surface area (Å²) in [5.74, 6) is 0.628. The average molecular weight is 407 g/mol. The number of carbonyl (C=O) groups excluding carboxylic acids is 2. The molecule has 1 heterocycles. The van der Waals surface area contributed by atoms with Gasteiger partial charge in [-0.25, -0.2) is 0 Å². The second-order valence-corrected chi connectivity index (χ2v) is 6.38. The van der Waals surface area contributed by atoms with Gasteiger partial charge < -0.3 is 9.64 Å². The van der Waals surface area contributed by atoms with E-state index in [1.807, 2.05) is 30.3 Å². The van der Waals surface area contributed by atoms with Crippen molar-refractivity contribution in [2.24, 2.45) is 0 Å². The molecule has 0 fully saturated rings. The number of rotatable bonds is 4. The zero-order chi connectivity index (χ0) is 15.7. The summed E-state index contributed by atoms with van der Waals surface area (Å²) >= 11 is 2.21. The minimum atomic E-state index is -0.0941. The summed E-state index contributed by atoms with van der Waals surface area (Å²) in [5.41, 5.74) is 2.35. The first kappa shape index (κ1) is 15.0. The van der Waals surface area contributed by atoms with Gasteiger partial charge in [0.1, 0.15) is 5.75 Å². The van der Waals surface area contributed by atoms with Crippen LogP contribution in [0.1, 0.15) is 15.9 Å². The fourth-order valence-electron chi connectivity index (χ4n) is 2.41. The SMILES string of the molecule is CN1C(=O)Cc2cc(C(=O)COc3ccc(I)cc3)ccc21. The number of anilines is 1. The molecular formula is C17H14INO3. The summed E-state index contributed by atoms with van der Waals surface area (Å²) < 4.78 is 6.62. The molecule has 112 valence electrons. The molecule has 0 atom stereocenters. The van der Waals surface area contributed by atoms with Crippen molar-refractivity contribution >= 4 is 40.0 Å². The Morgan fingerprint density at radius 1 is 1.23 bits per heavy atom. The summed E-state index contributed by atoms with van der Waals surface area (Å²) in [5, 5.41) is 0. The van der Waals surface area contributed by atoms with Gasteiger partial charge >= 0.3 is 0 Å². The van der Waals surface area contributed by atoms with E-state index in [0.29, 0.717) is 17.7 Å². The van der Waals surface area contributed by atoms with Gasteiger partial charge in [-0.15, -0.1) is 0 Å². The van der Waals surface area contributed by atoms with E-state index in [4.69, 9.17) is 4.74 Å². The lowest BCUT2D eigenvalue weighted by molar-refractivity contribution is -0.117. The van der Waals surface area contributed by atoms with Gasteiger partial charge in [0, 0.05) is 21.9 Å². The maximum Gasteiger partial charge on any atom is 0.231 e. The number of likely N-dealkylation sites (N-methyl/N-ethyl adjacent to an activating group) is 1. The van der Waals surface area contributed by atoms with Crippen molar-refractivity contribution in [1.29, 1.82) is 0 Å². The molecule has 4 nitrogen and oxygen atoms in total. The highest BCUT2D eigenvalue weighted by Gasteiger charge is 2.24. The number of nitrogens with zero attached hydrogens (tertiary/aromatic N) is 1. The predicted molar refractivity (Wildman–Crippen MR) is 92.5 cm³/mol. The van der Waals surface area contributed by atoms with E-state index < -0.39 is 0 Å². The van der Waals surface area contributed by atoms with Gasteiger partial charge in [-0.1, -0.05) is 0 Å². The summed E-state index contributed by atoms with van der Waals surface area (Å²) in [6.45, 7) is -0.0107. The first-order valence-electron chi connectivity index (χ1n) is 6.85. The van der Waals surface area contributed by atoms with Crippen molar-refractivity contribution in [3.8, 4) is 5.75 Å². The normalized spacial score (nSPS) is 13.2. The number of ketones is 1. The Balaban J connectivity index is 1.70. The molecule has 2 aromatic carbocycles. The van der Waals surface area contributed by atoms with Crippen LogP contribution >= 0.6 is 22.6 Å². The molecule has 0 aromatic heterocycles. The van der Waals surface area contributed by atoms with Crippen molar-refractivity contribution in [3.63, 3.8) is 0 Å². The Hall–Kier alpha value is -1.89. The first-order valence-corrected chi connectivity index (χ1v) is 7.93. The van der Waals surface area contributed by atoms with Crippen LogP contribution in [0.5, 0.6) is 5.75 Å². The number of fused-ring (bicyclic) bond motifs is 1. The number of benzene rings is 2. The molecule has 1 amide bonds. The van der Waals surface area contributed by atoms with Crippen molar-refractivity contribution in [3.05, 3.63) is 57.2 Å². The van der Waals surface area contributed by atoms with Gasteiger partial charge in [-0.2, -0.15) is 0 Å². The molecule has 0 saturated carbocycles. The summed E-state index contributed by atoms with van der Waals surface area (Å²) in [6.07, 6.45) is 0.352. The van der Waals surface area contributed by atoms with Crippen LogP contribution in [-0.2, 0) is 11.2 Å². The zero-order valence-electron chi connectivity index (χ0n) is 12.0. The van der Waals surface area contributed by atoms with Crippen LogP contribution in [0.25, 0.3) is 0 Å². The van der Waals surface area contributed by atoms with Gasteiger partial charge in [0.15, 0.2) is 12.4 Å². The van der Waals surface area contributed by atoms with Gasteiger partial charge in [0.25, 0.3) is 0 Å². The Labute approximate surface area is 142 Å². The lowest BCUT2D eigenvalue weighted by atomic mass is 10.1. The molecule has 0 radical (unpaired) electrons. The molecule has 0 aliphatic carbocycles. The third kappa shape index (κ3) is 2.99. The van der Waals surface area contributed by atoms with Gasteiger partial charge in [-0.05, 0) is 70.6 Å². The molecule has 0 saturated heterocycles. The Morgan fingerprint density at radius 2 is 1.95 bits per heavy atom. The number of amides is 1. The van der Waals surface area contributed by atoms with E-state index >= 15 is 0 Å². The fourth-order valence-corrected chi connectivity index (χ4v) is 2.77. The average Bonchev–Trinajstić information content (AvgIpc) is 2.80. The lowest BCUT2D eigenvalue weighted by Gasteiger charge is -2.10. The first-order chi connectivity index (χ1) is 10.5. The van der Waals surface area contributed by atoms with Gasteiger partial charge in [0.2, 0.25) is 5.91 Å². The minimum absolute atomic E-state index is 0.0107. The third-order valence-corrected chi connectivity index (χ3v) is 4.38. The van der Waals surface area contributed by atoms with E-state index in [9.17, 15) is 9.59 Å². The number of halogens is 1. The number of hydrogen-bond acceptors (Lipinski definition) is 3. The van der Waals surface area contributed by atoms with Crippen LogP contribution in [0, 0.1) is 3.57 Å². The van der Waals surface area contributed by atoms with Crippen LogP contribution < -0.4 is 9.64 Å². The van der Waals surface area contributed by atoms with Crippen LogP contribution in [0.2, 0.25) is 0 Å². The second kappa shape index (κ2) is 6.08. The predicted octanol–water partition coefficient (Wildman–Crippen LogP) is 3.07. The molecular weight excluding hydrogens is 393 g/mol. The summed E-state index contributed by atoms with van der Waals surface area (Å²) in [4.78, 5) is 25.5. The topological polar surface area (TPSA) is 46.6 Å². The smallest absolute Gasteiger partial charge is 0.231 e. The fraction of sp³-hybridized carbons (Fsp3) is 0.176. The minimum Gasteiger partial charge on any atom is -0.485 e. The highest BCUT2D eigenvalue weighted by Crippen LogP contribution is 2.28. The van der Waals surface area contributed by atoms with Crippen molar-refractivity contribution in [1.82, 2.24) is 0 Å². The Kier molecular flexibility index (Phi) is 4.15. The van der Waals surface area contributed by atoms with Crippen molar-refractivity contribution in [2.75, 3.05) is 18.6 Å². The number of carbonyl (C=O) groups is 2. The van der Waals surface area contributed by atoms with Crippen LogP contribution in [0.4, 0.5) is 5.69 Å². The van der Waals surface area contributed by atoms with E-state index in [1.165, 1.54) is 0 Å². The van der Waals surface area contributed by atoms with E-state index in [-0.39, 0.29) is 18.3 Å². The molecule has 1 aliphatic heterocycles. The van der Waals surface area contributed by atoms with E-state index in [2.05, 4.69) is 22.6 Å². The van der Waals surface area contributed by atoms with Crippen molar-refractivity contribution in [2.45, 2.75) is 6.42 Å². The van der Waals surface area contributed by atoms with E-state index in [1.54, 1.807) is 24.1 Å². The van der Waals surface area contributed by atoms with E-state index in [0.717, 1.165) is 14.8 Å². The van der Waals surface area contributed by atoms with Crippen LogP contribution in [-0.4, -0.2) is 25.3 Å². The molecule has 22 heavy (non-hydrogen) atoms. The largest absolute Gasteiger partial charge is 0.485 e. The quantitative estimate of drug-likeness (QED) is 0.578. The third-order valence-electron chi connectivity index (χ3n) is 3.66. The molecule has 0 bridgehead atoms. The van der Waals surface area contributed by atoms with Crippen LogP contribution in [0.3, 0.4) is 0 Å². The standard InChI is InChI=1S/C17H14INO3/c1-19-15-7-2-11(8-12(15)9-17(19)21)16(20)10-22-14-5-3-13(18)4-6-14/h2-8H,9-10H2,1H3. The number of Topliss-reactive ketones (excluding diaryl/α,β-unsaturated/α-hetero) is 1. The molecule has 0 unspecified atom stereocenters. The molecule has 2 aromatic rings. The lowest BCUT2D eigenvalue weighted by Crippen LogP contribution is -2.20. The van der Waals surface area contributed by atoms with Gasteiger partial charge in [0.05, 0.1) is 6.42 Å². The molecule has 5 heteroatoms. The van der Waals surface area contributed by atoms with Crippen LogP contribution in [0.15, 0.2) is 42.5 Å². The summed E-state index contributed by atoms with van der Waals surface area (Å²) in [6, 6.07) is 12.9. The highest BCUT2D eigenvalue weighted by molar-refractivity contribution is 14.1. The van der Waals surface area contributed by atoms with Crippen molar-refractivity contribution < 1.29 is 14.3 Å². The second-order valence-electron chi connectivity index (χ2n) is 5.14. The maximum absolute atomic E-state index is 12.2. The summed E-state index contributed by atoms with van der Waals surface area (Å²) in [7, 11) is 1.75. The highest BCUT2D eigenvalue weighted by atomic mass is 127. The van der Waals surface area contributed by atoms with Gasteiger partial charge in [-0.3, -0.25) is 9.59 Å².